The molecule has 6 nitrogen and oxygen atoms in total. The van der Waals surface area contributed by atoms with Crippen LogP contribution in [0.3, 0.4) is 0 Å². The molecule has 1 rings (SSSR count). The third-order valence-corrected chi connectivity index (χ3v) is 1.82. The number of hydrogen-bond donors (Lipinski definition) is 0. The summed E-state index contributed by atoms with van der Waals surface area (Å²) >= 11 is 0. The molecule has 0 N–H and O–H groups in total. The van der Waals surface area contributed by atoms with E-state index < -0.39 is 24.9 Å². The summed E-state index contributed by atoms with van der Waals surface area (Å²) < 4.78 is 42.2. The Hall–Kier alpha value is -1.54. The Kier molecular flexibility index (Phi) is 3.55. The second kappa shape index (κ2) is 4.54. The van der Waals surface area contributed by atoms with E-state index in [9.17, 15) is 18.0 Å². The van der Waals surface area contributed by atoms with Crippen molar-refractivity contribution in [2.45, 2.75) is 19.3 Å². The van der Waals surface area contributed by atoms with Crippen LogP contribution in [0.4, 0.5) is 13.2 Å². The number of carbonyl (C=O) groups excluding carboxylic acids is 1. The van der Waals surface area contributed by atoms with Crippen molar-refractivity contribution in [1.29, 1.82) is 0 Å². The van der Waals surface area contributed by atoms with E-state index in [2.05, 4.69) is 15.2 Å². The quantitative estimate of drug-likeness (QED) is 0.689. The van der Waals surface area contributed by atoms with Gasteiger partial charge in [0.05, 0.1) is 6.61 Å². The predicted octanol–water partition coefficient (Wildman–Crippen LogP) is 0.967. The van der Waals surface area contributed by atoms with Crippen LogP contribution in [0, 0.1) is 0 Å². The van der Waals surface area contributed by atoms with Crippen molar-refractivity contribution in [3.8, 4) is 0 Å². The Bertz CT molecular complexity index is 294. The van der Waals surface area contributed by atoms with Crippen LogP contribution in [0.2, 0.25) is 0 Å². The van der Waals surface area contributed by atoms with E-state index in [1.165, 1.54) is 0 Å². The summed E-state index contributed by atoms with van der Waals surface area (Å²) in [6.45, 7) is 1.10. The molecule has 0 aliphatic carbocycles. The Morgan fingerprint density at radius 1 is 1.44 bits per heavy atom. The minimum atomic E-state index is -4.54. The van der Waals surface area contributed by atoms with Crippen LogP contribution in [-0.4, -0.2) is 48.5 Å². The fourth-order valence-corrected chi connectivity index (χ4v) is 1.24. The molecule has 0 aromatic heterocycles. The van der Waals surface area contributed by atoms with Crippen molar-refractivity contribution >= 4 is 5.97 Å². The smallest absolute Gasteiger partial charge is 0.430 e. The topological polar surface area (TPSA) is 57.5 Å². The van der Waals surface area contributed by atoms with Crippen molar-refractivity contribution in [1.82, 2.24) is 10.0 Å². The molecule has 0 aromatic carbocycles. The van der Waals surface area contributed by atoms with E-state index in [0.29, 0.717) is 10.0 Å². The molecule has 1 atom stereocenters. The zero-order valence-corrected chi connectivity index (χ0v) is 8.73. The minimum absolute atomic E-state index is 0.107. The van der Waals surface area contributed by atoms with Crippen LogP contribution < -0.4 is 0 Å². The number of halogens is 3. The number of hydrogen-bond acceptors (Lipinski definition) is 6. The highest BCUT2D eigenvalue weighted by atomic mass is 19.4. The maximum Gasteiger partial charge on any atom is 0.430 e. The van der Waals surface area contributed by atoms with Crippen molar-refractivity contribution in [3.05, 3.63) is 0 Å². The first-order valence-corrected chi connectivity index (χ1v) is 4.49. The first kappa shape index (κ1) is 12.5. The lowest BCUT2D eigenvalue weighted by Gasteiger charge is -2.26. The Labute approximate surface area is 89.6 Å². The number of nitrogens with zero attached hydrogens (tertiary/aromatic N) is 4. The molecule has 1 unspecified atom stereocenters. The summed E-state index contributed by atoms with van der Waals surface area (Å²) in [5, 5.41) is 7.66. The van der Waals surface area contributed by atoms with E-state index in [4.69, 9.17) is 0 Å². The predicted molar refractivity (Wildman–Crippen MR) is 45.8 cm³/mol. The molecule has 1 aliphatic rings. The Morgan fingerprint density at radius 2 is 2.06 bits per heavy atom. The summed E-state index contributed by atoms with van der Waals surface area (Å²) in [6, 6.07) is 0. The number of esters is 1. The number of carbonyl (C=O) groups is 1. The summed E-state index contributed by atoms with van der Waals surface area (Å²) in [5.74, 6) is -0.772. The van der Waals surface area contributed by atoms with E-state index in [1.807, 2.05) is 0 Å². The molecule has 0 saturated carbocycles. The van der Waals surface area contributed by atoms with Gasteiger partial charge in [-0.1, -0.05) is 10.4 Å². The van der Waals surface area contributed by atoms with E-state index >= 15 is 0 Å². The van der Waals surface area contributed by atoms with Gasteiger partial charge in [0.25, 0.3) is 0 Å². The molecule has 0 spiro atoms. The second-order valence-corrected chi connectivity index (χ2v) is 3.07. The first-order valence-electron chi connectivity index (χ1n) is 4.49. The Balaban J connectivity index is 2.66. The second-order valence-electron chi connectivity index (χ2n) is 3.07. The molecule has 0 fully saturated rings. The largest absolute Gasteiger partial charge is 0.465 e. The standard InChI is InChI=1S/C7H11F3N4O2/c1-3-16-5(15)4-14-6(7(8,9)10)13(2)11-12-14/h6H,3-4H2,1-2H3. The van der Waals surface area contributed by atoms with Gasteiger partial charge in [0, 0.05) is 7.05 Å². The van der Waals surface area contributed by atoms with E-state index in [-0.39, 0.29) is 6.61 Å². The molecule has 16 heavy (non-hydrogen) atoms. The van der Waals surface area contributed by atoms with Gasteiger partial charge in [0.2, 0.25) is 6.17 Å². The molecular formula is C7H11F3N4O2. The highest BCUT2D eigenvalue weighted by Crippen LogP contribution is 2.30. The summed E-state index contributed by atoms with van der Waals surface area (Å²) in [5.41, 5.74) is 0. The van der Waals surface area contributed by atoms with Crippen LogP contribution >= 0.6 is 0 Å². The number of rotatable bonds is 3. The molecule has 0 amide bonds. The number of ether oxygens (including phenoxy) is 1. The first-order chi connectivity index (χ1) is 7.36. The molecule has 92 valence electrons. The SMILES string of the molecule is CCOC(=O)CN1N=NN(C)C1C(F)(F)F. The third kappa shape index (κ3) is 2.74. The van der Waals surface area contributed by atoms with Crippen LogP contribution in [0.5, 0.6) is 0 Å². The molecule has 0 aromatic rings. The zero-order valence-electron chi connectivity index (χ0n) is 8.73. The maximum atomic E-state index is 12.5. The normalized spacial score (nSPS) is 20.4. The van der Waals surface area contributed by atoms with Gasteiger partial charge < -0.3 is 4.74 Å². The zero-order chi connectivity index (χ0) is 12.3. The molecule has 1 heterocycles. The molecular weight excluding hydrogens is 229 g/mol. The molecule has 0 bridgehead atoms. The van der Waals surface area contributed by atoms with Crippen molar-refractivity contribution in [2.75, 3.05) is 20.2 Å². The van der Waals surface area contributed by atoms with Gasteiger partial charge in [-0.3, -0.25) is 4.79 Å². The van der Waals surface area contributed by atoms with E-state index in [0.717, 1.165) is 7.05 Å². The highest BCUT2D eigenvalue weighted by Gasteiger charge is 2.50. The van der Waals surface area contributed by atoms with Gasteiger partial charge in [0.1, 0.15) is 6.54 Å². The highest BCUT2D eigenvalue weighted by molar-refractivity contribution is 5.71. The van der Waals surface area contributed by atoms with Crippen LogP contribution in [0.25, 0.3) is 0 Å². The fourth-order valence-electron chi connectivity index (χ4n) is 1.24. The van der Waals surface area contributed by atoms with Gasteiger partial charge in [-0.25, -0.2) is 10.0 Å². The lowest BCUT2D eigenvalue weighted by molar-refractivity contribution is -0.211. The number of alkyl halides is 3. The summed E-state index contributed by atoms with van der Waals surface area (Å²) in [4.78, 5) is 11.0. The molecule has 0 saturated heterocycles. The average Bonchev–Trinajstić information content (AvgIpc) is 2.46. The average molecular weight is 240 g/mol. The van der Waals surface area contributed by atoms with Crippen LogP contribution in [0.15, 0.2) is 10.4 Å². The van der Waals surface area contributed by atoms with Gasteiger partial charge in [-0.15, -0.1) is 0 Å². The molecule has 9 heteroatoms. The van der Waals surface area contributed by atoms with Crippen molar-refractivity contribution in [2.24, 2.45) is 10.4 Å². The molecule has 1 aliphatic heterocycles. The van der Waals surface area contributed by atoms with Crippen LogP contribution in [-0.2, 0) is 9.53 Å². The van der Waals surface area contributed by atoms with E-state index in [1.54, 1.807) is 6.92 Å². The minimum Gasteiger partial charge on any atom is -0.465 e. The lowest BCUT2D eigenvalue weighted by Crippen LogP contribution is -2.49. The lowest BCUT2D eigenvalue weighted by atomic mass is 10.4. The van der Waals surface area contributed by atoms with Gasteiger partial charge >= 0.3 is 12.1 Å². The molecule has 0 radical (unpaired) electrons. The maximum absolute atomic E-state index is 12.5. The summed E-state index contributed by atoms with van der Waals surface area (Å²) in [6.07, 6.45) is -6.55. The summed E-state index contributed by atoms with van der Waals surface area (Å²) in [7, 11) is 1.13. The monoisotopic (exact) mass is 240 g/mol. The van der Waals surface area contributed by atoms with Crippen LogP contribution in [0.1, 0.15) is 6.92 Å². The van der Waals surface area contributed by atoms with Gasteiger partial charge in [-0.05, 0) is 6.92 Å². The van der Waals surface area contributed by atoms with Gasteiger partial charge in [0.15, 0.2) is 0 Å². The Morgan fingerprint density at radius 3 is 2.56 bits per heavy atom. The fraction of sp³-hybridized carbons (Fsp3) is 0.857. The van der Waals surface area contributed by atoms with Gasteiger partial charge in [-0.2, -0.15) is 13.2 Å². The van der Waals surface area contributed by atoms with Crippen molar-refractivity contribution < 1.29 is 22.7 Å². The third-order valence-electron chi connectivity index (χ3n) is 1.82. The van der Waals surface area contributed by atoms with Crippen molar-refractivity contribution in [3.63, 3.8) is 0 Å².